The summed E-state index contributed by atoms with van der Waals surface area (Å²) in [5.41, 5.74) is 4.44. The van der Waals surface area contributed by atoms with E-state index in [0.717, 1.165) is 6.20 Å². The maximum Gasteiger partial charge on any atom is 0.284 e. The van der Waals surface area contributed by atoms with Gasteiger partial charge in [-0.3, -0.25) is 9.78 Å². The SMILES string of the molecule is NCc1cnc(C(F)F)c(O)c1C=O. The summed E-state index contributed by atoms with van der Waals surface area (Å²) >= 11 is 0. The lowest BCUT2D eigenvalue weighted by Gasteiger charge is -2.07. The summed E-state index contributed by atoms with van der Waals surface area (Å²) in [7, 11) is 0. The predicted molar refractivity (Wildman–Crippen MR) is 44.1 cm³/mol. The quantitative estimate of drug-likeness (QED) is 0.717. The molecule has 4 nitrogen and oxygen atoms in total. The highest BCUT2D eigenvalue weighted by Gasteiger charge is 2.19. The Balaban J connectivity index is 3.34. The number of aromatic nitrogens is 1. The van der Waals surface area contributed by atoms with E-state index in [0.29, 0.717) is 0 Å². The van der Waals surface area contributed by atoms with Crippen molar-refractivity contribution in [1.82, 2.24) is 4.98 Å². The van der Waals surface area contributed by atoms with Crippen LogP contribution < -0.4 is 5.73 Å². The van der Waals surface area contributed by atoms with E-state index in [4.69, 9.17) is 5.73 Å². The van der Waals surface area contributed by atoms with Gasteiger partial charge in [-0.1, -0.05) is 0 Å². The molecule has 0 aliphatic heterocycles. The summed E-state index contributed by atoms with van der Waals surface area (Å²) in [4.78, 5) is 13.8. The van der Waals surface area contributed by atoms with E-state index in [1.807, 2.05) is 0 Å². The summed E-state index contributed by atoms with van der Waals surface area (Å²) in [5.74, 6) is -0.794. The van der Waals surface area contributed by atoms with E-state index in [2.05, 4.69) is 4.98 Å². The maximum atomic E-state index is 12.2. The molecule has 1 rings (SSSR count). The van der Waals surface area contributed by atoms with Crippen LogP contribution in [0.3, 0.4) is 0 Å². The van der Waals surface area contributed by atoms with Crippen LogP contribution in [0, 0.1) is 0 Å². The van der Waals surface area contributed by atoms with Gasteiger partial charge in [0.1, 0.15) is 5.69 Å². The Morgan fingerprint density at radius 1 is 1.64 bits per heavy atom. The zero-order valence-electron chi connectivity index (χ0n) is 7.08. The molecule has 0 saturated carbocycles. The van der Waals surface area contributed by atoms with Gasteiger partial charge in [0.2, 0.25) is 0 Å². The van der Waals surface area contributed by atoms with E-state index < -0.39 is 17.9 Å². The van der Waals surface area contributed by atoms with Crippen molar-refractivity contribution in [3.63, 3.8) is 0 Å². The molecule has 6 heteroatoms. The number of alkyl halides is 2. The number of nitrogens with zero attached hydrogens (tertiary/aromatic N) is 1. The van der Waals surface area contributed by atoms with Crippen molar-refractivity contribution in [2.45, 2.75) is 13.0 Å². The van der Waals surface area contributed by atoms with E-state index in [1.54, 1.807) is 0 Å². The fourth-order valence-corrected chi connectivity index (χ4v) is 1.02. The molecule has 0 unspecified atom stereocenters. The standard InChI is InChI=1S/C8H8F2N2O2/c9-8(10)6-7(14)5(3-13)4(1-11)2-12-6/h2-3,8,14H,1,11H2. The summed E-state index contributed by atoms with van der Waals surface area (Å²) in [5, 5.41) is 9.24. The van der Waals surface area contributed by atoms with Gasteiger partial charge in [0.05, 0.1) is 5.56 Å². The average molecular weight is 202 g/mol. The molecule has 0 radical (unpaired) electrons. The van der Waals surface area contributed by atoms with Gasteiger partial charge in [-0.2, -0.15) is 0 Å². The smallest absolute Gasteiger partial charge is 0.284 e. The van der Waals surface area contributed by atoms with Gasteiger partial charge >= 0.3 is 0 Å². The summed E-state index contributed by atoms with van der Waals surface area (Å²) in [6, 6.07) is 0. The van der Waals surface area contributed by atoms with Crippen molar-refractivity contribution in [3.8, 4) is 5.75 Å². The third kappa shape index (κ3) is 1.69. The fraction of sp³-hybridized carbons (Fsp3) is 0.250. The van der Waals surface area contributed by atoms with E-state index in [-0.39, 0.29) is 24.0 Å². The highest BCUT2D eigenvalue weighted by Crippen LogP contribution is 2.29. The topological polar surface area (TPSA) is 76.2 Å². The number of carbonyl (C=O) groups excluding carboxylic acids is 1. The van der Waals surface area contributed by atoms with Crippen LogP contribution in [0.1, 0.15) is 28.0 Å². The zero-order chi connectivity index (χ0) is 10.7. The highest BCUT2D eigenvalue weighted by molar-refractivity contribution is 5.81. The largest absolute Gasteiger partial charge is 0.505 e. The number of hydrogen-bond donors (Lipinski definition) is 2. The van der Waals surface area contributed by atoms with Crippen molar-refractivity contribution in [3.05, 3.63) is 23.0 Å². The molecule has 1 aromatic rings. The minimum absolute atomic E-state index is 0.0435. The Kier molecular flexibility index (Phi) is 3.08. The van der Waals surface area contributed by atoms with Gasteiger partial charge in [-0.25, -0.2) is 8.78 Å². The van der Waals surface area contributed by atoms with Gasteiger partial charge in [0, 0.05) is 12.7 Å². The molecular weight excluding hydrogens is 194 g/mol. The molecule has 0 bridgehead atoms. The second kappa shape index (κ2) is 4.10. The van der Waals surface area contributed by atoms with Gasteiger partial charge < -0.3 is 10.8 Å². The Bertz CT molecular complexity index is 355. The number of aromatic hydroxyl groups is 1. The first-order valence-electron chi connectivity index (χ1n) is 3.76. The van der Waals surface area contributed by atoms with Crippen LogP contribution in [0.2, 0.25) is 0 Å². The number of pyridine rings is 1. The van der Waals surface area contributed by atoms with Crippen LogP contribution in [0.4, 0.5) is 8.78 Å². The normalized spacial score (nSPS) is 10.6. The molecule has 0 aliphatic rings. The lowest BCUT2D eigenvalue weighted by molar-refractivity contribution is 0.111. The molecule has 1 aromatic heterocycles. The maximum absolute atomic E-state index is 12.2. The van der Waals surface area contributed by atoms with Crippen molar-refractivity contribution in [2.24, 2.45) is 5.73 Å². The third-order valence-corrected chi connectivity index (χ3v) is 1.75. The monoisotopic (exact) mass is 202 g/mol. The van der Waals surface area contributed by atoms with E-state index in [1.165, 1.54) is 0 Å². The van der Waals surface area contributed by atoms with E-state index >= 15 is 0 Å². The lowest BCUT2D eigenvalue weighted by Crippen LogP contribution is -2.05. The Morgan fingerprint density at radius 3 is 2.71 bits per heavy atom. The van der Waals surface area contributed by atoms with Gasteiger partial charge in [-0.05, 0) is 5.56 Å². The van der Waals surface area contributed by atoms with Crippen LogP contribution in [-0.2, 0) is 6.54 Å². The molecule has 0 amide bonds. The molecule has 76 valence electrons. The number of carbonyl (C=O) groups is 1. The summed E-state index contributed by atoms with van der Waals surface area (Å²) in [6.07, 6.45) is -1.57. The molecule has 1 heterocycles. The summed E-state index contributed by atoms with van der Waals surface area (Å²) < 4.78 is 24.4. The molecule has 14 heavy (non-hydrogen) atoms. The first-order valence-corrected chi connectivity index (χ1v) is 3.76. The van der Waals surface area contributed by atoms with Crippen molar-refractivity contribution < 1.29 is 18.7 Å². The molecule has 0 spiro atoms. The number of nitrogens with two attached hydrogens (primary N) is 1. The highest BCUT2D eigenvalue weighted by atomic mass is 19.3. The molecule has 3 N–H and O–H groups in total. The van der Waals surface area contributed by atoms with Crippen molar-refractivity contribution in [2.75, 3.05) is 0 Å². The molecule has 0 aromatic carbocycles. The van der Waals surface area contributed by atoms with Crippen molar-refractivity contribution >= 4 is 6.29 Å². The first-order chi connectivity index (χ1) is 6.61. The predicted octanol–water partition coefficient (Wildman–Crippen LogP) is 0.996. The van der Waals surface area contributed by atoms with Crippen LogP contribution >= 0.6 is 0 Å². The third-order valence-electron chi connectivity index (χ3n) is 1.75. The van der Waals surface area contributed by atoms with Crippen LogP contribution in [0.25, 0.3) is 0 Å². The average Bonchev–Trinajstić information content (AvgIpc) is 2.16. The van der Waals surface area contributed by atoms with Gasteiger partial charge in [0.25, 0.3) is 6.43 Å². The number of hydrogen-bond acceptors (Lipinski definition) is 4. The molecular formula is C8H8F2N2O2. The summed E-state index contributed by atoms with van der Waals surface area (Å²) in [6.45, 7) is -0.0435. The van der Waals surface area contributed by atoms with Crippen LogP contribution in [-0.4, -0.2) is 16.4 Å². The fourth-order valence-electron chi connectivity index (χ4n) is 1.02. The number of aldehydes is 1. The molecule has 0 fully saturated rings. The number of rotatable bonds is 3. The minimum Gasteiger partial charge on any atom is -0.505 e. The molecule has 0 aliphatic carbocycles. The minimum atomic E-state index is -2.92. The molecule has 0 atom stereocenters. The molecule has 0 saturated heterocycles. The second-order valence-corrected chi connectivity index (χ2v) is 2.55. The van der Waals surface area contributed by atoms with Crippen molar-refractivity contribution in [1.29, 1.82) is 0 Å². The second-order valence-electron chi connectivity index (χ2n) is 2.55. The van der Waals surface area contributed by atoms with Gasteiger partial charge in [0.15, 0.2) is 12.0 Å². The zero-order valence-corrected chi connectivity index (χ0v) is 7.08. The Morgan fingerprint density at radius 2 is 2.29 bits per heavy atom. The van der Waals surface area contributed by atoms with Crippen LogP contribution in [0.5, 0.6) is 5.75 Å². The van der Waals surface area contributed by atoms with Gasteiger partial charge in [-0.15, -0.1) is 0 Å². The van der Waals surface area contributed by atoms with E-state index in [9.17, 15) is 18.7 Å². The Hall–Kier alpha value is -1.56. The number of halogens is 2. The van der Waals surface area contributed by atoms with Crippen LogP contribution in [0.15, 0.2) is 6.20 Å². The lowest BCUT2D eigenvalue weighted by atomic mass is 10.1. The Labute approximate surface area is 78.4 Å². The first kappa shape index (κ1) is 10.5.